The van der Waals surface area contributed by atoms with Gasteiger partial charge in [-0.2, -0.15) is 0 Å². The summed E-state index contributed by atoms with van der Waals surface area (Å²) in [5.41, 5.74) is 3.02. The first-order valence-electron chi connectivity index (χ1n) is 11.1. The summed E-state index contributed by atoms with van der Waals surface area (Å²) < 4.78 is 12.8. The van der Waals surface area contributed by atoms with E-state index in [1.54, 1.807) is 11.3 Å². The average Bonchev–Trinajstić information content (AvgIpc) is 3.43. The van der Waals surface area contributed by atoms with Crippen molar-refractivity contribution in [2.45, 2.75) is 26.7 Å². The number of rotatable bonds is 5. The summed E-state index contributed by atoms with van der Waals surface area (Å²) in [7, 11) is 0. The number of benzene rings is 2. The molecule has 166 valence electrons. The molecule has 6 nitrogen and oxygen atoms in total. The average molecular weight is 450 g/mol. The van der Waals surface area contributed by atoms with Gasteiger partial charge in [-0.05, 0) is 36.6 Å². The molecule has 0 radical (unpaired) electrons. The fourth-order valence-electron chi connectivity index (χ4n) is 4.23. The number of aromatic nitrogens is 1. The van der Waals surface area contributed by atoms with Crippen molar-refractivity contribution in [2.75, 3.05) is 37.7 Å². The minimum atomic E-state index is -0.0744. The van der Waals surface area contributed by atoms with Crippen LogP contribution in [0.5, 0.6) is 5.75 Å². The molecule has 1 aliphatic heterocycles. The summed E-state index contributed by atoms with van der Waals surface area (Å²) in [6, 6.07) is 13.9. The van der Waals surface area contributed by atoms with Gasteiger partial charge >= 0.3 is 0 Å². The molecule has 4 aromatic rings. The maximum atomic E-state index is 13.1. The fraction of sp³-hybridized carbons (Fsp3) is 0.360. The van der Waals surface area contributed by atoms with E-state index in [9.17, 15) is 4.79 Å². The lowest BCUT2D eigenvalue weighted by atomic mass is 10.0. The second kappa shape index (κ2) is 8.47. The van der Waals surface area contributed by atoms with Crippen LogP contribution in [0.3, 0.4) is 0 Å². The van der Waals surface area contributed by atoms with E-state index in [4.69, 9.17) is 14.1 Å². The molecular weight excluding hydrogens is 422 g/mol. The van der Waals surface area contributed by atoms with Crippen molar-refractivity contribution in [1.29, 1.82) is 0 Å². The van der Waals surface area contributed by atoms with Gasteiger partial charge in [0.1, 0.15) is 0 Å². The van der Waals surface area contributed by atoms with Crippen molar-refractivity contribution in [3.05, 3.63) is 53.8 Å². The van der Waals surface area contributed by atoms with Crippen LogP contribution >= 0.6 is 11.3 Å². The van der Waals surface area contributed by atoms with E-state index in [1.165, 1.54) is 10.3 Å². The molecule has 1 amide bonds. The van der Waals surface area contributed by atoms with E-state index in [0.717, 1.165) is 29.1 Å². The van der Waals surface area contributed by atoms with Crippen molar-refractivity contribution in [2.24, 2.45) is 0 Å². The van der Waals surface area contributed by atoms with Crippen molar-refractivity contribution in [3.63, 3.8) is 0 Å². The first-order valence-corrected chi connectivity index (χ1v) is 12.0. The fourth-order valence-corrected chi connectivity index (χ4v) is 5.28. The number of hydrogen-bond acceptors (Lipinski definition) is 6. The van der Waals surface area contributed by atoms with Crippen molar-refractivity contribution < 1.29 is 13.9 Å². The highest BCUT2D eigenvalue weighted by molar-refractivity contribution is 7.22. The zero-order valence-electron chi connectivity index (χ0n) is 18.6. The van der Waals surface area contributed by atoms with Crippen LogP contribution in [0, 0.1) is 0 Å². The van der Waals surface area contributed by atoms with Crippen LogP contribution in [0.25, 0.3) is 21.2 Å². The van der Waals surface area contributed by atoms with Gasteiger partial charge in [-0.15, -0.1) is 0 Å². The predicted molar refractivity (Wildman–Crippen MR) is 129 cm³/mol. The number of thiazole rings is 1. The number of carbonyl (C=O) groups is 1. The summed E-state index contributed by atoms with van der Waals surface area (Å²) in [6.07, 6.45) is 0. The predicted octanol–water partition coefficient (Wildman–Crippen LogP) is 5.53. The largest absolute Gasteiger partial charge is 0.490 e. The third kappa shape index (κ3) is 3.71. The number of nitrogens with zero attached hydrogens (tertiary/aromatic N) is 3. The standard InChI is InChI=1S/C25H27N3O3S/c1-4-30-19-9-5-7-17-15-20(31-23(17)19)24(29)27-11-13-28(14-12-27)25-26-22-18(16(2)3)8-6-10-21(22)32-25/h5-10,15-16H,4,11-14H2,1-3H3. The lowest BCUT2D eigenvalue weighted by molar-refractivity contribution is 0.0717. The third-order valence-corrected chi connectivity index (χ3v) is 7.00. The van der Waals surface area contributed by atoms with Gasteiger partial charge in [0.2, 0.25) is 0 Å². The quantitative estimate of drug-likeness (QED) is 0.401. The number of ether oxygens (including phenoxy) is 1. The maximum absolute atomic E-state index is 13.1. The van der Waals surface area contributed by atoms with Crippen LogP contribution in [0.2, 0.25) is 0 Å². The van der Waals surface area contributed by atoms with Crippen LogP contribution in [0.1, 0.15) is 42.8 Å². The van der Waals surface area contributed by atoms with E-state index >= 15 is 0 Å². The van der Waals surface area contributed by atoms with Gasteiger partial charge in [0.25, 0.3) is 5.91 Å². The van der Waals surface area contributed by atoms with Crippen LogP contribution in [0.4, 0.5) is 5.13 Å². The molecule has 0 saturated carbocycles. The van der Waals surface area contributed by atoms with Gasteiger partial charge in [0, 0.05) is 31.6 Å². The Morgan fingerprint density at radius 2 is 1.94 bits per heavy atom. The van der Waals surface area contributed by atoms with Gasteiger partial charge in [0.05, 0.1) is 16.8 Å². The Morgan fingerprint density at radius 1 is 1.16 bits per heavy atom. The van der Waals surface area contributed by atoms with E-state index in [0.29, 0.717) is 42.7 Å². The summed E-state index contributed by atoms with van der Waals surface area (Å²) in [5, 5.41) is 1.92. The summed E-state index contributed by atoms with van der Waals surface area (Å²) >= 11 is 1.73. The first kappa shape index (κ1) is 20.8. The summed E-state index contributed by atoms with van der Waals surface area (Å²) in [4.78, 5) is 22.2. The van der Waals surface area contributed by atoms with Crippen LogP contribution in [0.15, 0.2) is 46.9 Å². The monoisotopic (exact) mass is 449 g/mol. The molecule has 32 heavy (non-hydrogen) atoms. The van der Waals surface area contributed by atoms with Crippen molar-refractivity contribution >= 4 is 43.6 Å². The Hall–Kier alpha value is -3.06. The molecule has 3 heterocycles. The number of anilines is 1. The second-order valence-corrected chi connectivity index (χ2v) is 9.35. The minimum absolute atomic E-state index is 0.0744. The molecule has 1 saturated heterocycles. The van der Waals surface area contributed by atoms with Gasteiger partial charge in [-0.1, -0.05) is 49.4 Å². The summed E-state index contributed by atoms with van der Waals surface area (Å²) in [5.74, 6) is 1.40. The van der Waals surface area contributed by atoms with Gasteiger partial charge in [-0.25, -0.2) is 4.98 Å². The Kier molecular flexibility index (Phi) is 5.51. The van der Waals surface area contributed by atoms with Gasteiger partial charge in [0.15, 0.2) is 22.2 Å². The van der Waals surface area contributed by atoms with Crippen molar-refractivity contribution in [3.8, 4) is 5.75 Å². The van der Waals surface area contributed by atoms with E-state index < -0.39 is 0 Å². The topological polar surface area (TPSA) is 58.8 Å². The summed E-state index contributed by atoms with van der Waals surface area (Å²) in [6.45, 7) is 9.68. The molecule has 0 spiro atoms. The number of carbonyl (C=O) groups excluding carboxylic acids is 1. The van der Waals surface area contributed by atoms with Gasteiger partial charge < -0.3 is 19.0 Å². The molecule has 0 unspecified atom stereocenters. The molecule has 0 N–H and O–H groups in total. The molecule has 2 aromatic carbocycles. The highest BCUT2D eigenvalue weighted by Gasteiger charge is 2.26. The van der Waals surface area contributed by atoms with Gasteiger partial charge in [-0.3, -0.25) is 4.79 Å². The highest BCUT2D eigenvalue weighted by Crippen LogP contribution is 2.34. The van der Waals surface area contributed by atoms with Crippen LogP contribution < -0.4 is 9.64 Å². The molecule has 1 aliphatic rings. The molecule has 1 fully saturated rings. The lowest BCUT2D eigenvalue weighted by Gasteiger charge is -2.34. The van der Waals surface area contributed by atoms with E-state index in [1.807, 2.05) is 36.1 Å². The normalized spacial score (nSPS) is 14.6. The first-order chi connectivity index (χ1) is 15.5. The molecule has 0 bridgehead atoms. The molecular formula is C25H27N3O3S. The molecule has 5 rings (SSSR count). The van der Waals surface area contributed by atoms with Crippen LogP contribution in [-0.4, -0.2) is 48.6 Å². The zero-order chi connectivity index (χ0) is 22.2. The smallest absolute Gasteiger partial charge is 0.289 e. The molecule has 0 atom stereocenters. The Bertz CT molecular complexity index is 1270. The molecule has 7 heteroatoms. The molecule has 0 aliphatic carbocycles. The van der Waals surface area contributed by atoms with Crippen molar-refractivity contribution in [1.82, 2.24) is 9.88 Å². The number of furan rings is 1. The maximum Gasteiger partial charge on any atom is 0.289 e. The Morgan fingerprint density at radius 3 is 2.69 bits per heavy atom. The van der Waals surface area contributed by atoms with E-state index in [2.05, 4.69) is 36.9 Å². The number of piperazine rings is 1. The van der Waals surface area contributed by atoms with E-state index in [-0.39, 0.29) is 5.91 Å². The lowest BCUT2D eigenvalue weighted by Crippen LogP contribution is -2.48. The number of para-hydroxylation sites is 2. The van der Waals surface area contributed by atoms with Crippen LogP contribution in [-0.2, 0) is 0 Å². The molecule has 2 aromatic heterocycles. The number of hydrogen-bond donors (Lipinski definition) is 0. The Balaban J connectivity index is 1.31. The number of amides is 1. The Labute approximate surface area is 191 Å². The highest BCUT2D eigenvalue weighted by atomic mass is 32.1. The third-order valence-electron chi connectivity index (χ3n) is 5.92. The minimum Gasteiger partial charge on any atom is -0.490 e. The number of fused-ring (bicyclic) bond motifs is 2. The SMILES string of the molecule is CCOc1cccc2cc(C(=O)N3CCN(c4nc5c(C(C)C)cccc5s4)CC3)oc12. The zero-order valence-corrected chi connectivity index (χ0v) is 19.4. The second-order valence-electron chi connectivity index (χ2n) is 8.34.